The summed E-state index contributed by atoms with van der Waals surface area (Å²) >= 11 is 5.58. The number of piperazine rings is 1. The average molecular weight is 373 g/mol. The first-order valence-corrected chi connectivity index (χ1v) is 8.83. The molecule has 0 spiro atoms. The van der Waals surface area contributed by atoms with Gasteiger partial charge in [0.25, 0.3) is 0 Å². The second-order valence-electron chi connectivity index (χ2n) is 5.99. The van der Waals surface area contributed by atoms with Crippen molar-refractivity contribution in [1.29, 1.82) is 0 Å². The molecule has 2 aromatic carbocycles. The maximum absolute atomic E-state index is 9.42. The largest absolute Gasteiger partial charge is 0.508 e. The fourth-order valence-corrected chi connectivity index (χ4v) is 3.23. The molecule has 3 rings (SSSR count). The van der Waals surface area contributed by atoms with Crippen LogP contribution in [0.25, 0.3) is 0 Å². The summed E-state index contributed by atoms with van der Waals surface area (Å²) in [5.74, 6) is 1.74. The molecule has 0 unspecified atom stereocenters. The average Bonchev–Trinajstić information content (AvgIpc) is 2.68. The molecule has 138 valence electrons. The molecular weight excluding hydrogens is 350 g/mol. The van der Waals surface area contributed by atoms with Gasteiger partial charge in [0.2, 0.25) is 0 Å². The van der Waals surface area contributed by atoms with Gasteiger partial charge in [-0.3, -0.25) is 0 Å². The molecule has 1 saturated heterocycles. The molecule has 26 heavy (non-hydrogen) atoms. The predicted molar refractivity (Wildman–Crippen MR) is 108 cm³/mol. The predicted octanol–water partition coefficient (Wildman–Crippen LogP) is 2.93. The number of phenols is 1. The number of methoxy groups -OCH3 is 2. The Hall–Kier alpha value is -2.67. The number of phenolic OH excluding ortho intramolecular Hbond substituents is 1. The first kappa shape index (κ1) is 18.1. The van der Waals surface area contributed by atoms with Gasteiger partial charge in [0.15, 0.2) is 5.11 Å². The van der Waals surface area contributed by atoms with Gasteiger partial charge in [-0.25, -0.2) is 0 Å². The van der Waals surface area contributed by atoms with Crippen molar-refractivity contribution in [3.8, 4) is 17.2 Å². The van der Waals surface area contributed by atoms with Gasteiger partial charge in [-0.1, -0.05) is 0 Å². The summed E-state index contributed by atoms with van der Waals surface area (Å²) in [6, 6.07) is 12.9. The van der Waals surface area contributed by atoms with Crippen LogP contribution in [-0.2, 0) is 0 Å². The third-order valence-corrected chi connectivity index (χ3v) is 4.79. The van der Waals surface area contributed by atoms with E-state index < -0.39 is 0 Å². The van der Waals surface area contributed by atoms with Crippen molar-refractivity contribution >= 4 is 28.7 Å². The second kappa shape index (κ2) is 8.14. The van der Waals surface area contributed by atoms with Crippen molar-refractivity contribution in [2.24, 2.45) is 0 Å². The highest BCUT2D eigenvalue weighted by atomic mass is 32.1. The lowest BCUT2D eigenvalue weighted by atomic mass is 10.2. The van der Waals surface area contributed by atoms with Crippen molar-refractivity contribution in [3.63, 3.8) is 0 Å². The van der Waals surface area contributed by atoms with E-state index in [0.717, 1.165) is 49.1 Å². The van der Waals surface area contributed by atoms with E-state index in [1.54, 1.807) is 26.4 Å². The standard InChI is InChI=1S/C19H23N3O3S/c1-24-16-7-8-18(25-2)17(13-16)20-19(26)22-11-9-21(10-12-22)14-3-5-15(23)6-4-14/h3-8,13,23H,9-12H2,1-2H3,(H,20,26). The molecule has 6 nitrogen and oxygen atoms in total. The first-order chi connectivity index (χ1) is 12.6. The van der Waals surface area contributed by atoms with E-state index in [9.17, 15) is 5.11 Å². The minimum atomic E-state index is 0.282. The van der Waals surface area contributed by atoms with E-state index in [4.69, 9.17) is 21.7 Å². The number of ether oxygens (including phenoxy) is 2. The van der Waals surface area contributed by atoms with Crippen LogP contribution in [0.15, 0.2) is 42.5 Å². The molecule has 0 radical (unpaired) electrons. The summed E-state index contributed by atoms with van der Waals surface area (Å²) in [5.41, 5.74) is 1.90. The Labute approximate surface area is 158 Å². The molecule has 0 aliphatic carbocycles. The zero-order valence-electron chi connectivity index (χ0n) is 14.9. The van der Waals surface area contributed by atoms with Crippen LogP contribution in [0.5, 0.6) is 17.2 Å². The Morgan fingerprint density at radius 1 is 1.00 bits per heavy atom. The molecular formula is C19H23N3O3S. The zero-order valence-corrected chi connectivity index (χ0v) is 15.8. The minimum Gasteiger partial charge on any atom is -0.508 e. The normalized spacial score (nSPS) is 14.1. The third-order valence-electron chi connectivity index (χ3n) is 4.43. The summed E-state index contributed by atoms with van der Waals surface area (Å²) in [5, 5.41) is 13.4. The van der Waals surface area contributed by atoms with Crippen LogP contribution >= 0.6 is 12.2 Å². The molecule has 2 N–H and O–H groups in total. The van der Waals surface area contributed by atoms with Crippen LogP contribution in [0.3, 0.4) is 0 Å². The molecule has 7 heteroatoms. The summed E-state index contributed by atoms with van der Waals surface area (Å²) in [6.07, 6.45) is 0. The Morgan fingerprint density at radius 3 is 2.31 bits per heavy atom. The number of aromatic hydroxyl groups is 1. The van der Waals surface area contributed by atoms with Gasteiger partial charge in [0.05, 0.1) is 19.9 Å². The van der Waals surface area contributed by atoms with Crippen LogP contribution in [-0.4, -0.2) is 55.5 Å². The number of thiocarbonyl (C=S) groups is 1. The van der Waals surface area contributed by atoms with Crippen LogP contribution in [0.1, 0.15) is 0 Å². The zero-order chi connectivity index (χ0) is 18.5. The van der Waals surface area contributed by atoms with Gasteiger partial charge < -0.3 is 29.7 Å². The molecule has 1 aliphatic heterocycles. The van der Waals surface area contributed by atoms with Gasteiger partial charge in [0.1, 0.15) is 17.2 Å². The van der Waals surface area contributed by atoms with Crippen molar-refractivity contribution in [2.45, 2.75) is 0 Å². The number of anilines is 2. The van der Waals surface area contributed by atoms with Crippen LogP contribution < -0.4 is 19.7 Å². The lowest BCUT2D eigenvalue weighted by molar-refractivity contribution is 0.389. The number of nitrogens with one attached hydrogen (secondary N) is 1. The SMILES string of the molecule is COc1ccc(OC)c(NC(=S)N2CCN(c3ccc(O)cc3)CC2)c1. The van der Waals surface area contributed by atoms with E-state index in [2.05, 4.69) is 15.1 Å². The molecule has 0 amide bonds. The Bertz CT molecular complexity index is 759. The van der Waals surface area contributed by atoms with Gasteiger partial charge in [-0.2, -0.15) is 0 Å². The van der Waals surface area contributed by atoms with Gasteiger partial charge in [0, 0.05) is 37.9 Å². The highest BCUT2D eigenvalue weighted by Gasteiger charge is 2.20. The lowest BCUT2D eigenvalue weighted by Gasteiger charge is -2.37. The van der Waals surface area contributed by atoms with Crippen molar-refractivity contribution < 1.29 is 14.6 Å². The number of hydrogen-bond donors (Lipinski definition) is 2. The van der Waals surface area contributed by atoms with E-state index >= 15 is 0 Å². The van der Waals surface area contributed by atoms with E-state index in [0.29, 0.717) is 5.11 Å². The molecule has 1 heterocycles. The molecule has 1 aliphatic rings. The highest BCUT2D eigenvalue weighted by Crippen LogP contribution is 2.29. The fraction of sp³-hybridized carbons (Fsp3) is 0.316. The molecule has 0 saturated carbocycles. The topological polar surface area (TPSA) is 57.2 Å². The summed E-state index contributed by atoms with van der Waals surface area (Å²) in [7, 11) is 3.26. The highest BCUT2D eigenvalue weighted by molar-refractivity contribution is 7.80. The van der Waals surface area contributed by atoms with Crippen molar-refractivity contribution in [2.75, 3.05) is 50.6 Å². The Balaban J connectivity index is 1.61. The number of benzene rings is 2. The maximum Gasteiger partial charge on any atom is 0.173 e. The molecule has 1 fully saturated rings. The van der Waals surface area contributed by atoms with E-state index in [1.807, 2.05) is 30.3 Å². The van der Waals surface area contributed by atoms with E-state index in [-0.39, 0.29) is 5.75 Å². The van der Waals surface area contributed by atoms with E-state index in [1.165, 1.54) is 0 Å². The van der Waals surface area contributed by atoms with Crippen LogP contribution in [0, 0.1) is 0 Å². The Kier molecular flexibility index (Phi) is 5.68. The molecule has 2 aromatic rings. The number of nitrogens with zero attached hydrogens (tertiary/aromatic N) is 2. The molecule has 0 bridgehead atoms. The lowest BCUT2D eigenvalue weighted by Crippen LogP contribution is -2.50. The van der Waals surface area contributed by atoms with Crippen LogP contribution in [0.2, 0.25) is 0 Å². The van der Waals surface area contributed by atoms with Crippen LogP contribution in [0.4, 0.5) is 11.4 Å². The number of rotatable bonds is 4. The quantitative estimate of drug-likeness (QED) is 0.799. The van der Waals surface area contributed by atoms with Crippen molar-refractivity contribution in [3.05, 3.63) is 42.5 Å². The summed E-state index contributed by atoms with van der Waals surface area (Å²) in [6.45, 7) is 3.36. The smallest absolute Gasteiger partial charge is 0.173 e. The fourth-order valence-electron chi connectivity index (χ4n) is 2.94. The summed E-state index contributed by atoms with van der Waals surface area (Å²) < 4.78 is 10.7. The third kappa shape index (κ3) is 4.11. The number of hydrogen-bond acceptors (Lipinski definition) is 5. The van der Waals surface area contributed by atoms with Gasteiger partial charge >= 0.3 is 0 Å². The molecule has 0 aromatic heterocycles. The summed E-state index contributed by atoms with van der Waals surface area (Å²) in [4.78, 5) is 4.43. The first-order valence-electron chi connectivity index (χ1n) is 8.42. The van der Waals surface area contributed by atoms with Gasteiger partial charge in [-0.05, 0) is 48.6 Å². The molecule has 0 atom stereocenters. The monoisotopic (exact) mass is 373 g/mol. The Morgan fingerprint density at radius 2 is 1.69 bits per heavy atom. The minimum absolute atomic E-state index is 0.282. The maximum atomic E-state index is 9.42. The van der Waals surface area contributed by atoms with Gasteiger partial charge in [-0.15, -0.1) is 0 Å². The second-order valence-corrected chi connectivity index (χ2v) is 6.37. The van der Waals surface area contributed by atoms with Crippen molar-refractivity contribution in [1.82, 2.24) is 4.90 Å².